The molecule has 26 heavy (non-hydrogen) atoms. The number of halogens is 1. The maximum absolute atomic E-state index is 12.4. The SMILES string of the molecule is CCN(CC)CCOc1cc(NC(=O)c2ccc(Br)cc2)ccc1OC. The average Bonchev–Trinajstić information content (AvgIpc) is 2.66. The molecule has 2 rings (SSSR count). The van der Waals surface area contributed by atoms with Crippen LogP contribution in [0.15, 0.2) is 46.9 Å². The lowest BCUT2D eigenvalue weighted by Gasteiger charge is -2.19. The van der Waals surface area contributed by atoms with Crippen LogP contribution in [0.3, 0.4) is 0 Å². The molecule has 2 aromatic carbocycles. The number of rotatable bonds is 9. The van der Waals surface area contributed by atoms with Gasteiger partial charge >= 0.3 is 0 Å². The highest BCUT2D eigenvalue weighted by Crippen LogP contribution is 2.30. The molecule has 0 bridgehead atoms. The number of amides is 1. The van der Waals surface area contributed by atoms with Crippen LogP contribution in [0.4, 0.5) is 5.69 Å². The number of likely N-dealkylation sites (N-methyl/N-ethyl adjacent to an activating group) is 1. The zero-order valence-corrected chi connectivity index (χ0v) is 17.0. The standard InChI is InChI=1S/C20H25BrN2O3/c1-4-23(5-2)12-13-26-19-14-17(10-11-18(19)25-3)22-20(24)15-6-8-16(21)9-7-15/h6-11,14H,4-5,12-13H2,1-3H3,(H,22,24). The summed E-state index contributed by atoms with van der Waals surface area (Å²) in [6.07, 6.45) is 0. The Morgan fingerprint density at radius 1 is 1.08 bits per heavy atom. The van der Waals surface area contributed by atoms with Crippen molar-refractivity contribution in [2.24, 2.45) is 0 Å². The van der Waals surface area contributed by atoms with E-state index in [-0.39, 0.29) is 5.91 Å². The van der Waals surface area contributed by atoms with Crippen LogP contribution < -0.4 is 14.8 Å². The molecular weight excluding hydrogens is 396 g/mol. The minimum atomic E-state index is -0.170. The van der Waals surface area contributed by atoms with E-state index >= 15 is 0 Å². The van der Waals surface area contributed by atoms with E-state index in [0.29, 0.717) is 29.4 Å². The van der Waals surface area contributed by atoms with Gasteiger partial charge in [-0.25, -0.2) is 0 Å². The van der Waals surface area contributed by atoms with E-state index in [1.54, 1.807) is 37.4 Å². The quantitative estimate of drug-likeness (QED) is 0.651. The van der Waals surface area contributed by atoms with Gasteiger partial charge in [-0.2, -0.15) is 0 Å². The Hall–Kier alpha value is -2.05. The van der Waals surface area contributed by atoms with Crippen molar-refractivity contribution >= 4 is 27.5 Å². The van der Waals surface area contributed by atoms with Gasteiger partial charge in [0.15, 0.2) is 11.5 Å². The largest absolute Gasteiger partial charge is 0.493 e. The third-order valence-electron chi connectivity index (χ3n) is 4.09. The molecule has 0 aromatic heterocycles. The lowest BCUT2D eigenvalue weighted by molar-refractivity contribution is 0.102. The molecule has 1 N–H and O–H groups in total. The highest BCUT2D eigenvalue weighted by Gasteiger charge is 2.10. The number of nitrogens with zero attached hydrogens (tertiary/aromatic N) is 1. The smallest absolute Gasteiger partial charge is 0.255 e. The molecule has 0 aliphatic rings. The molecule has 0 aliphatic heterocycles. The summed E-state index contributed by atoms with van der Waals surface area (Å²) in [7, 11) is 1.60. The molecule has 0 radical (unpaired) electrons. The predicted molar refractivity (Wildman–Crippen MR) is 108 cm³/mol. The maximum atomic E-state index is 12.4. The van der Waals surface area contributed by atoms with Gasteiger partial charge in [-0.3, -0.25) is 4.79 Å². The highest BCUT2D eigenvalue weighted by atomic mass is 79.9. The van der Waals surface area contributed by atoms with Crippen molar-refractivity contribution in [1.82, 2.24) is 4.90 Å². The molecular formula is C20H25BrN2O3. The van der Waals surface area contributed by atoms with Gasteiger partial charge in [0, 0.05) is 28.3 Å². The molecule has 0 spiro atoms. The molecule has 2 aromatic rings. The minimum absolute atomic E-state index is 0.170. The van der Waals surface area contributed by atoms with Gasteiger partial charge < -0.3 is 19.7 Å². The Morgan fingerprint density at radius 3 is 2.38 bits per heavy atom. The number of hydrogen-bond donors (Lipinski definition) is 1. The van der Waals surface area contributed by atoms with Crippen molar-refractivity contribution in [3.05, 3.63) is 52.5 Å². The summed E-state index contributed by atoms with van der Waals surface area (Å²) in [6, 6.07) is 12.6. The Balaban J connectivity index is 2.05. The molecule has 0 fully saturated rings. The summed E-state index contributed by atoms with van der Waals surface area (Å²) in [5.74, 6) is 1.09. The summed E-state index contributed by atoms with van der Waals surface area (Å²) in [5, 5.41) is 2.89. The van der Waals surface area contributed by atoms with Crippen LogP contribution in [0.5, 0.6) is 11.5 Å². The van der Waals surface area contributed by atoms with Crippen LogP contribution in [0.25, 0.3) is 0 Å². The molecule has 1 amide bonds. The zero-order valence-electron chi connectivity index (χ0n) is 15.4. The van der Waals surface area contributed by atoms with E-state index in [1.807, 2.05) is 12.1 Å². The second-order valence-corrected chi connectivity index (χ2v) is 6.62. The minimum Gasteiger partial charge on any atom is -0.493 e. The van der Waals surface area contributed by atoms with E-state index in [0.717, 1.165) is 24.1 Å². The van der Waals surface area contributed by atoms with Crippen LogP contribution in [-0.2, 0) is 0 Å². The summed E-state index contributed by atoms with van der Waals surface area (Å²) in [4.78, 5) is 14.7. The molecule has 0 saturated carbocycles. The van der Waals surface area contributed by atoms with Gasteiger partial charge in [0.2, 0.25) is 0 Å². The number of nitrogens with one attached hydrogen (secondary N) is 1. The molecule has 0 aliphatic carbocycles. The van der Waals surface area contributed by atoms with Gasteiger partial charge in [0.25, 0.3) is 5.91 Å². The van der Waals surface area contributed by atoms with Crippen LogP contribution in [-0.4, -0.2) is 44.2 Å². The van der Waals surface area contributed by atoms with Crippen molar-refractivity contribution in [1.29, 1.82) is 0 Å². The van der Waals surface area contributed by atoms with Crippen molar-refractivity contribution in [3.8, 4) is 11.5 Å². The van der Waals surface area contributed by atoms with Crippen molar-refractivity contribution in [2.45, 2.75) is 13.8 Å². The summed E-state index contributed by atoms with van der Waals surface area (Å²) >= 11 is 3.37. The van der Waals surface area contributed by atoms with Crippen molar-refractivity contribution < 1.29 is 14.3 Å². The fraction of sp³-hybridized carbons (Fsp3) is 0.350. The number of carbonyl (C=O) groups excluding carboxylic acids is 1. The normalized spacial score (nSPS) is 10.7. The number of carbonyl (C=O) groups is 1. The predicted octanol–water partition coefficient (Wildman–Crippen LogP) is 4.43. The molecule has 140 valence electrons. The van der Waals surface area contributed by atoms with Crippen molar-refractivity contribution in [2.75, 3.05) is 38.7 Å². The van der Waals surface area contributed by atoms with Crippen molar-refractivity contribution in [3.63, 3.8) is 0 Å². The average molecular weight is 421 g/mol. The lowest BCUT2D eigenvalue weighted by Crippen LogP contribution is -2.28. The first-order valence-corrected chi connectivity index (χ1v) is 9.46. The fourth-order valence-electron chi connectivity index (χ4n) is 2.50. The number of hydrogen-bond acceptors (Lipinski definition) is 4. The molecule has 0 heterocycles. The van der Waals surface area contributed by atoms with E-state index in [1.165, 1.54) is 0 Å². The monoisotopic (exact) mass is 420 g/mol. The Kier molecular flexibility index (Phi) is 7.94. The molecule has 5 nitrogen and oxygen atoms in total. The molecule has 6 heteroatoms. The number of anilines is 1. The van der Waals surface area contributed by atoms with Crippen LogP contribution in [0, 0.1) is 0 Å². The van der Waals surface area contributed by atoms with Gasteiger partial charge in [-0.05, 0) is 49.5 Å². The first kappa shape index (κ1) is 20.3. The topological polar surface area (TPSA) is 50.8 Å². The van der Waals surface area contributed by atoms with Gasteiger partial charge in [-0.1, -0.05) is 29.8 Å². The third-order valence-corrected chi connectivity index (χ3v) is 4.62. The molecule has 0 saturated heterocycles. The maximum Gasteiger partial charge on any atom is 0.255 e. The molecule has 0 atom stereocenters. The summed E-state index contributed by atoms with van der Waals surface area (Å²) in [6.45, 7) is 7.62. The number of methoxy groups -OCH3 is 1. The van der Waals surface area contributed by atoms with E-state index < -0.39 is 0 Å². The summed E-state index contributed by atoms with van der Waals surface area (Å²) < 4.78 is 12.2. The molecule has 0 unspecified atom stereocenters. The fourth-order valence-corrected chi connectivity index (χ4v) is 2.76. The first-order valence-electron chi connectivity index (χ1n) is 8.67. The second kappa shape index (κ2) is 10.2. The lowest BCUT2D eigenvalue weighted by atomic mass is 10.2. The Labute approximate surface area is 163 Å². The zero-order chi connectivity index (χ0) is 18.9. The number of benzene rings is 2. The van der Waals surface area contributed by atoms with E-state index in [9.17, 15) is 4.79 Å². The first-order chi connectivity index (χ1) is 12.6. The van der Waals surface area contributed by atoms with Gasteiger partial charge in [-0.15, -0.1) is 0 Å². The van der Waals surface area contributed by atoms with E-state index in [4.69, 9.17) is 9.47 Å². The third kappa shape index (κ3) is 5.75. The van der Waals surface area contributed by atoms with Gasteiger partial charge in [0.1, 0.15) is 6.61 Å². The second-order valence-electron chi connectivity index (χ2n) is 5.70. The Morgan fingerprint density at radius 2 is 1.77 bits per heavy atom. The van der Waals surface area contributed by atoms with Gasteiger partial charge in [0.05, 0.1) is 7.11 Å². The van der Waals surface area contributed by atoms with Crippen LogP contribution in [0.1, 0.15) is 24.2 Å². The van der Waals surface area contributed by atoms with Crippen LogP contribution >= 0.6 is 15.9 Å². The highest BCUT2D eigenvalue weighted by molar-refractivity contribution is 9.10. The van der Waals surface area contributed by atoms with Crippen LogP contribution in [0.2, 0.25) is 0 Å². The summed E-state index contributed by atoms with van der Waals surface area (Å²) in [5.41, 5.74) is 1.25. The number of ether oxygens (including phenoxy) is 2. The van der Waals surface area contributed by atoms with E-state index in [2.05, 4.69) is 40.0 Å². The Bertz CT molecular complexity index is 715.